The molecule has 1 N–H and O–H groups in total. The van der Waals surface area contributed by atoms with Crippen molar-refractivity contribution in [3.05, 3.63) is 88.2 Å². The number of furan rings is 1. The Balaban J connectivity index is 1.74. The molecule has 2 heterocycles. The van der Waals surface area contributed by atoms with E-state index in [1.807, 2.05) is 0 Å². The Morgan fingerprint density at radius 3 is 2.71 bits per heavy atom. The molecule has 24 heavy (non-hydrogen) atoms. The molecule has 0 bridgehead atoms. The molecule has 3 aromatic rings. The van der Waals surface area contributed by atoms with Gasteiger partial charge in [-0.15, -0.1) is 0 Å². The van der Waals surface area contributed by atoms with Crippen LogP contribution in [0.2, 0.25) is 0 Å². The summed E-state index contributed by atoms with van der Waals surface area (Å²) in [6, 6.07) is 10.5. The third-order valence-corrected chi connectivity index (χ3v) is 3.29. The number of hydrogen-bond acceptors (Lipinski definition) is 3. The van der Waals surface area contributed by atoms with Crippen molar-refractivity contribution in [3.8, 4) is 0 Å². The largest absolute Gasteiger partial charge is 0.454 e. The Morgan fingerprint density at radius 2 is 1.96 bits per heavy atom. The highest BCUT2D eigenvalue weighted by Crippen LogP contribution is 2.17. The fourth-order valence-corrected chi connectivity index (χ4v) is 2.12. The van der Waals surface area contributed by atoms with Crippen molar-refractivity contribution in [3.63, 3.8) is 0 Å². The van der Waals surface area contributed by atoms with Crippen molar-refractivity contribution in [2.75, 3.05) is 5.32 Å². The van der Waals surface area contributed by atoms with Gasteiger partial charge in [0.1, 0.15) is 17.4 Å². The summed E-state index contributed by atoms with van der Waals surface area (Å²) >= 11 is 0. The number of pyridine rings is 1. The highest BCUT2D eigenvalue weighted by Gasteiger charge is 2.14. The van der Waals surface area contributed by atoms with E-state index >= 15 is 0 Å². The van der Waals surface area contributed by atoms with Crippen molar-refractivity contribution >= 4 is 11.6 Å². The third kappa shape index (κ3) is 3.40. The van der Waals surface area contributed by atoms with Gasteiger partial charge in [-0.3, -0.25) is 9.59 Å². The molecule has 122 valence electrons. The second kappa shape index (κ2) is 6.49. The zero-order valence-corrected chi connectivity index (χ0v) is 12.3. The van der Waals surface area contributed by atoms with Crippen LogP contribution >= 0.6 is 0 Å². The molecule has 0 aliphatic carbocycles. The third-order valence-electron chi connectivity index (χ3n) is 3.29. The smallest absolute Gasteiger partial charge is 0.291 e. The van der Waals surface area contributed by atoms with E-state index in [4.69, 9.17) is 4.42 Å². The van der Waals surface area contributed by atoms with Crippen LogP contribution in [0.3, 0.4) is 0 Å². The summed E-state index contributed by atoms with van der Waals surface area (Å²) in [7, 11) is 0. The van der Waals surface area contributed by atoms with Crippen LogP contribution in [0, 0.1) is 11.6 Å². The van der Waals surface area contributed by atoms with Gasteiger partial charge in [0.15, 0.2) is 5.76 Å². The van der Waals surface area contributed by atoms with Crippen LogP contribution in [-0.4, -0.2) is 10.5 Å². The maximum absolute atomic E-state index is 13.5. The Kier molecular flexibility index (Phi) is 4.24. The molecule has 0 fully saturated rings. The lowest BCUT2D eigenvalue weighted by atomic mass is 10.3. The van der Waals surface area contributed by atoms with Gasteiger partial charge in [-0.2, -0.15) is 0 Å². The molecule has 2 aromatic heterocycles. The van der Waals surface area contributed by atoms with Crippen LogP contribution in [0.15, 0.2) is 63.9 Å². The average molecular weight is 330 g/mol. The molecule has 0 spiro atoms. The van der Waals surface area contributed by atoms with E-state index in [0.29, 0.717) is 11.8 Å². The highest BCUT2D eigenvalue weighted by molar-refractivity contribution is 6.02. The fraction of sp³-hybridized carbons (Fsp3) is 0.0588. The molecular weight excluding hydrogens is 318 g/mol. The normalized spacial score (nSPS) is 10.6. The summed E-state index contributed by atoms with van der Waals surface area (Å²) in [5.41, 5.74) is -0.355. The van der Waals surface area contributed by atoms with Crippen molar-refractivity contribution in [1.82, 2.24) is 4.57 Å². The first-order valence-electron chi connectivity index (χ1n) is 7.03. The molecular formula is C17H12F2N2O3. The molecule has 0 aliphatic rings. The predicted molar refractivity (Wildman–Crippen MR) is 82.8 cm³/mol. The topological polar surface area (TPSA) is 64.2 Å². The van der Waals surface area contributed by atoms with Gasteiger partial charge in [0, 0.05) is 18.3 Å². The number of hydrogen-bond donors (Lipinski definition) is 1. The molecule has 1 amide bonds. The quantitative estimate of drug-likeness (QED) is 0.800. The fourth-order valence-electron chi connectivity index (χ4n) is 2.12. The summed E-state index contributed by atoms with van der Waals surface area (Å²) in [5, 5.41) is 2.30. The van der Waals surface area contributed by atoms with Crippen molar-refractivity contribution in [1.29, 1.82) is 0 Å². The van der Waals surface area contributed by atoms with Crippen LogP contribution < -0.4 is 10.9 Å². The van der Waals surface area contributed by atoms with Gasteiger partial charge in [-0.25, -0.2) is 8.78 Å². The zero-order chi connectivity index (χ0) is 17.1. The number of anilines is 1. The number of rotatable bonds is 4. The second-order valence-electron chi connectivity index (χ2n) is 5.01. The summed E-state index contributed by atoms with van der Waals surface area (Å²) in [5.74, 6) is -1.94. The first-order chi connectivity index (χ1) is 11.5. The van der Waals surface area contributed by atoms with Gasteiger partial charge in [0.2, 0.25) is 0 Å². The molecule has 5 nitrogen and oxygen atoms in total. The van der Waals surface area contributed by atoms with Gasteiger partial charge in [-0.1, -0.05) is 6.07 Å². The van der Waals surface area contributed by atoms with Gasteiger partial charge in [-0.05, 0) is 30.3 Å². The van der Waals surface area contributed by atoms with Gasteiger partial charge >= 0.3 is 0 Å². The molecule has 0 radical (unpaired) electrons. The molecule has 1 aromatic carbocycles. The number of carbonyl (C=O) groups is 1. The van der Waals surface area contributed by atoms with E-state index in [0.717, 1.165) is 12.1 Å². The molecule has 0 atom stereocenters. The number of nitrogens with one attached hydrogen (secondary N) is 1. The van der Waals surface area contributed by atoms with Crippen LogP contribution in [0.4, 0.5) is 14.5 Å². The molecule has 7 heteroatoms. The molecule has 0 saturated heterocycles. The minimum atomic E-state index is -0.883. The number of nitrogens with zero attached hydrogens (tertiary/aromatic N) is 1. The van der Waals surface area contributed by atoms with Crippen molar-refractivity contribution in [2.24, 2.45) is 0 Å². The van der Waals surface area contributed by atoms with Crippen LogP contribution in [0.1, 0.15) is 16.3 Å². The summed E-state index contributed by atoms with van der Waals surface area (Å²) < 4.78 is 33.2. The SMILES string of the molecule is O=C(Nc1ccc(F)cc1F)c1ccc(Cn2ccccc2=O)o1. The maximum atomic E-state index is 13.5. The monoisotopic (exact) mass is 330 g/mol. The van der Waals surface area contributed by atoms with E-state index in [1.54, 1.807) is 24.4 Å². The minimum absolute atomic E-state index is 0.0438. The van der Waals surface area contributed by atoms with Crippen LogP contribution in [0.25, 0.3) is 0 Å². The Bertz CT molecular complexity index is 947. The predicted octanol–water partition coefficient (Wildman–Crippen LogP) is 3.02. The summed E-state index contributed by atoms with van der Waals surface area (Å²) in [4.78, 5) is 23.7. The van der Waals surface area contributed by atoms with Gasteiger partial charge in [0.25, 0.3) is 11.5 Å². The van der Waals surface area contributed by atoms with E-state index in [1.165, 1.54) is 16.7 Å². The van der Waals surface area contributed by atoms with E-state index in [-0.39, 0.29) is 23.6 Å². The summed E-state index contributed by atoms with van der Waals surface area (Å²) in [6.45, 7) is 0.165. The van der Waals surface area contributed by atoms with Crippen molar-refractivity contribution in [2.45, 2.75) is 6.54 Å². The van der Waals surface area contributed by atoms with E-state index in [2.05, 4.69) is 5.32 Å². The molecule has 0 aliphatic heterocycles. The average Bonchev–Trinajstić information content (AvgIpc) is 3.01. The lowest BCUT2D eigenvalue weighted by Crippen LogP contribution is -2.18. The number of amides is 1. The summed E-state index contributed by atoms with van der Waals surface area (Å²) in [6.07, 6.45) is 1.60. The maximum Gasteiger partial charge on any atom is 0.291 e. The minimum Gasteiger partial charge on any atom is -0.454 e. The standard InChI is InChI=1S/C17H12F2N2O3/c18-11-4-6-14(13(19)9-11)20-17(23)15-7-5-12(24-15)10-21-8-2-1-3-16(21)22/h1-9H,10H2,(H,20,23). The van der Waals surface area contributed by atoms with Crippen LogP contribution in [-0.2, 0) is 6.54 Å². The first kappa shape index (κ1) is 15.7. The van der Waals surface area contributed by atoms with Crippen LogP contribution in [0.5, 0.6) is 0 Å². The number of benzene rings is 1. The van der Waals surface area contributed by atoms with Crippen molar-refractivity contribution < 1.29 is 18.0 Å². The Morgan fingerprint density at radius 1 is 1.12 bits per heavy atom. The molecule has 0 saturated carbocycles. The molecule has 0 unspecified atom stereocenters. The number of halogens is 2. The zero-order valence-electron chi connectivity index (χ0n) is 12.3. The number of carbonyl (C=O) groups excluding carboxylic acids is 1. The highest BCUT2D eigenvalue weighted by atomic mass is 19.1. The Labute approximate surface area is 135 Å². The van der Waals surface area contributed by atoms with E-state index in [9.17, 15) is 18.4 Å². The lowest BCUT2D eigenvalue weighted by Gasteiger charge is -2.05. The lowest BCUT2D eigenvalue weighted by molar-refractivity contribution is 0.0994. The Hall–Kier alpha value is -3.22. The number of aromatic nitrogens is 1. The van der Waals surface area contributed by atoms with Gasteiger partial charge < -0.3 is 14.3 Å². The second-order valence-corrected chi connectivity index (χ2v) is 5.01. The van der Waals surface area contributed by atoms with Gasteiger partial charge in [0.05, 0.1) is 12.2 Å². The molecule has 3 rings (SSSR count). The first-order valence-corrected chi connectivity index (χ1v) is 7.03. The van der Waals surface area contributed by atoms with E-state index < -0.39 is 17.5 Å².